The molecule has 0 saturated carbocycles. The van der Waals surface area contributed by atoms with Crippen LogP contribution >= 0.6 is 11.3 Å². The summed E-state index contributed by atoms with van der Waals surface area (Å²) >= 11 is 1.58. The molecule has 0 unspecified atom stereocenters. The van der Waals surface area contributed by atoms with E-state index in [4.69, 9.17) is 9.15 Å². The largest absolute Gasteiger partial charge is 0.483 e. The maximum atomic E-state index is 12.8. The molecule has 7 heteroatoms. The highest BCUT2D eigenvalue weighted by Crippen LogP contribution is 2.33. The molecule has 3 aromatic rings. The normalized spacial score (nSPS) is 16.7. The van der Waals surface area contributed by atoms with Gasteiger partial charge in [-0.1, -0.05) is 18.2 Å². The van der Waals surface area contributed by atoms with E-state index in [1.54, 1.807) is 16.2 Å². The van der Waals surface area contributed by atoms with Crippen molar-refractivity contribution in [3.63, 3.8) is 0 Å². The third-order valence-electron chi connectivity index (χ3n) is 4.82. The number of benzene rings is 1. The van der Waals surface area contributed by atoms with Crippen LogP contribution < -0.4 is 4.74 Å². The lowest BCUT2D eigenvalue weighted by Gasteiger charge is -2.22. The number of carbonyl (C=O) groups excluding carboxylic acids is 1. The van der Waals surface area contributed by atoms with Crippen LogP contribution in [0.5, 0.6) is 5.75 Å². The van der Waals surface area contributed by atoms with E-state index < -0.39 is 0 Å². The van der Waals surface area contributed by atoms with Crippen LogP contribution in [0.4, 0.5) is 0 Å². The Bertz CT molecular complexity index is 916. The van der Waals surface area contributed by atoms with Gasteiger partial charge in [-0.25, -0.2) is 0 Å². The van der Waals surface area contributed by atoms with E-state index in [1.165, 1.54) is 0 Å². The molecule has 1 aromatic carbocycles. The standard InChI is InChI=1S/C20H21N3O3S/c1-13-5-3-6-14(2)18(13)25-11-17(24)23-9-4-7-16(23)20-22-21-19(26-20)15-8-10-27-12-15/h3,5-6,8,10,12,16H,4,7,9,11H2,1-2H3/t16-/m1/s1. The number of aromatic nitrogens is 2. The SMILES string of the molecule is Cc1cccc(C)c1OCC(=O)N1CCC[C@@H]1c1nnc(-c2ccsc2)o1. The van der Waals surface area contributed by atoms with Gasteiger partial charge < -0.3 is 14.1 Å². The van der Waals surface area contributed by atoms with Gasteiger partial charge in [0.2, 0.25) is 11.8 Å². The first-order valence-electron chi connectivity index (χ1n) is 8.98. The Morgan fingerprint density at radius 3 is 2.85 bits per heavy atom. The smallest absolute Gasteiger partial charge is 0.261 e. The number of ether oxygens (including phenoxy) is 1. The van der Waals surface area contributed by atoms with Gasteiger partial charge in [-0.05, 0) is 49.3 Å². The van der Waals surface area contributed by atoms with Gasteiger partial charge in [-0.2, -0.15) is 11.3 Å². The third-order valence-corrected chi connectivity index (χ3v) is 5.50. The molecule has 1 aliphatic rings. The maximum absolute atomic E-state index is 12.8. The van der Waals surface area contributed by atoms with Crippen molar-refractivity contribution in [2.24, 2.45) is 0 Å². The molecule has 6 nitrogen and oxygen atoms in total. The van der Waals surface area contributed by atoms with Crippen LogP contribution in [0.3, 0.4) is 0 Å². The Kier molecular flexibility index (Phi) is 4.94. The minimum atomic E-state index is -0.182. The molecule has 0 bridgehead atoms. The Labute approximate surface area is 161 Å². The van der Waals surface area contributed by atoms with Crippen LogP contribution in [0.25, 0.3) is 11.5 Å². The van der Waals surface area contributed by atoms with E-state index in [2.05, 4.69) is 10.2 Å². The average molecular weight is 383 g/mol. The highest BCUT2D eigenvalue weighted by molar-refractivity contribution is 7.08. The number of amides is 1. The molecule has 1 atom stereocenters. The number of hydrogen-bond acceptors (Lipinski definition) is 6. The second-order valence-electron chi connectivity index (χ2n) is 6.71. The van der Waals surface area contributed by atoms with Crippen LogP contribution in [0, 0.1) is 13.8 Å². The molecule has 2 aromatic heterocycles. The average Bonchev–Trinajstić information content (AvgIpc) is 3.40. The van der Waals surface area contributed by atoms with Crippen LogP contribution in [0.2, 0.25) is 0 Å². The second-order valence-corrected chi connectivity index (χ2v) is 7.49. The zero-order valence-electron chi connectivity index (χ0n) is 15.3. The van der Waals surface area contributed by atoms with Crippen molar-refractivity contribution in [1.29, 1.82) is 0 Å². The van der Waals surface area contributed by atoms with Gasteiger partial charge in [-0.15, -0.1) is 10.2 Å². The van der Waals surface area contributed by atoms with E-state index >= 15 is 0 Å². The van der Waals surface area contributed by atoms with Crippen LogP contribution in [0.1, 0.15) is 35.9 Å². The summed E-state index contributed by atoms with van der Waals surface area (Å²) < 4.78 is 11.7. The fourth-order valence-electron chi connectivity index (χ4n) is 3.44. The molecule has 1 saturated heterocycles. The van der Waals surface area contributed by atoms with Gasteiger partial charge in [-0.3, -0.25) is 4.79 Å². The summed E-state index contributed by atoms with van der Waals surface area (Å²) in [7, 11) is 0. The van der Waals surface area contributed by atoms with E-state index in [0.717, 1.165) is 35.3 Å². The fraction of sp³-hybridized carbons (Fsp3) is 0.350. The predicted octanol–water partition coefficient (Wildman–Crippen LogP) is 4.16. The molecule has 0 radical (unpaired) electrons. The zero-order chi connectivity index (χ0) is 18.8. The molecular formula is C20H21N3O3S. The molecular weight excluding hydrogens is 362 g/mol. The highest BCUT2D eigenvalue weighted by Gasteiger charge is 2.34. The molecule has 1 fully saturated rings. The number of likely N-dealkylation sites (tertiary alicyclic amines) is 1. The van der Waals surface area contributed by atoms with Gasteiger partial charge in [0, 0.05) is 17.5 Å². The number of thiophene rings is 1. The quantitative estimate of drug-likeness (QED) is 0.662. The summed E-state index contributed by atoms with van der Waals surface area (Å²) in [6.07, 6.45) is 1.73. The summed E-state index contributed by atoms with van der Waals surface area (Å²) in [5, 5.41) is 12.3. The Hall–Kier alpha value is -2.67. The van der Waals surface area contributed by atoms with E-state index in [-0.39, 0.29) is 18.6 Å². The van der Waals surface area contributed by atoms with Crippen LogP contribution in [0.15, 0.2) is 39.4 Å². The molecule has 1 amide bonds. The monoisotopic (exact) mass is 383 g/mol. The van der Waals surface area contributed by atoms with Crippen molar-refractivity contribution in [3.8, 4) is 17.2 Å². The topological polar surface area (TPSA) is 68.5 Å². The van der Waals surface area contributed by atoms with E-state index in [1.807, 2.05) is 48.9 Å². The minimum absolute atomic E-state index is 0.00766. The number of hydrogen-bond donors (Lipinski definition) is 0. The van der Waals surface area contributed by atoms with Gasteiger partial charge >= 0.3 is 0 Å². The van der Waals surface area contributed by atoms with Crippen LogP contribution in [-0.4, -0.2) is 34.2 Å². The Morgan fingerprint density at radius 1 is 1.30 bits per heavy atom. The molecule has 140 valence electrons. The number of carbonyl (C=O) groups is 1. The van der Waals surface area contributed by atoms with Crippen molar-refractivity contribution in [1.82, 2.24) is 15.1 Å². The van der Waals surface area contributed by atoms with Gasteiger partial charge in [0.25, 0.3) is 5.91 Å². The summed E-state index contributed by atoms with van der Waals surface area (Å²) in [6, 6.07) is 7.71. The molecule has 0 spiro atoms. The first-order valence-corrected chi connectivity index (χ1v) is 9.92. The lowest BCUT2D eigenvalue weighted by atomic mass is 10.1. The Morgan fingerprint density at radius 2 is 2.11 bits per heavy atom. The fourth-order valence-corrected chi connectivity index (χ4v) is 4.07. The second kappa shape index (κ2) is 7.52. The maximum Gasteiger partial charge on any atom is 0.261 e. The molecule has 27 heavy (non-hydrogen) atoms. The number of para-hydroxylation sites is 1. The summed E-state index contributed by atoms with van der Waals surface area (Å²) in [6.45, 7) is 4.65. The highest BCUT2D eigenvalue weighted by atomic mass is 32.1. The molecule has 1 aliphatic heterocycles. The molecule has 4 rings (SSSR count). The van der Waals surface area contributed by atoms with Gasteiger partial charge in [0.15, 0.2) is 6.61 Å². The lowest BCUT2D eigenvalue weighted by Crippen LogP contribution is -2.34. The zero-order valence-corrected chi connectivity index (χ0v) is 16.2. The van der Waals surface area contributed by atoms with Gasteiger partial charge in [0.05, 0.1) is 0 Å². The number of rotatable bonds is 5. The number of nitrogens with zero attached hydrogens (tertiary/aromatic N) is 3. The number of aryl methyl sites for hydroxylation is 2. The first-order chi connectivity index (χ1) is 13.1. The van der Waals surface area contributed by atoms with Crippen molar-refractivity contribution in [2.75, 3.05) is 13.2 Å². The summed E-state index contributed by atoms with van der Waals surface area (Å²) in [5.74, 6) is 1.71. The molecule has 0 N–H and O–H groups in total. The predicted molar refractivity (Wildman–Crippen MR) is 103 cm³/mol. The van der Waals surface area contributed by atoms with Crippen molar-refractivity contribution in [2.45, 2.75) is 32.7 Å². The third kappa shape index (κ3) is 3.60. The van der Waals surface area contributed by atoms with Crippen molar-refractivity contribution in [3.05, 3.63) is 52.0 Å². The lowest BCUT2D eigenvalue weighted by molar-refractivity contribution is -0.134. The molecule has 0 aliphatic carbocycles. The van der Waals surface area contributed by atoms with Crippen molar-refractivity contribution >= 4 is 17.2 Å². The summed E-state index contributed by atoms with van der Waals surface area (Å²) in [4.78, 5) is 14.6. The van der Waals surface area contributed by atoms with Gasteiger partial charge in [0.1, 0.15) is 11.8 Å². The van der Waals surface area contributed by atoms with Crippen LogP contribution in [-0.2, 0) is 4.79 Å². The van der Waals surface area contributed by atoms with E-state index in [9.17, 15) is 4.79 Å². The first kappa shape index (κ1) is 17.7. The minimum Gasteiger partial charge on any atom is -0.483 e. The Balaban J connectivity index is 1.46. The van der Waals surface area contributed by atoms with E-state index in [0.29, 0.717) is 18.3 Å². The molecule has 3 heterocycles. The van der Waals surface area contributed by atoms with Crippen molar-refractivity contribution < 1.29 is 13.9 Å². The summed E-state index contributed by atoms with van der Waals surface area (Å²) in [5.41, 5.74) is 2.96.